The van der Waals surface area contributed by atoms with Gasteiger partial charge in [-0.3, -0.25) is 4.98 Å². The molecule has 0 bridgehead atoms. The second-order valence-electron chi connectivity index (χ2n) is 10.8. The van der Waals surface area contributed by atoms with E-state index in [1.807, 2.05) is 18.2 Å². The summed E-state index contributed by atoms with van der Waals surface area (Å²) < 4.78 is 0. The van der Waals surface area contributed by atoms with Crippen LogP contribution in [0.3, 0.4) is 0 Å². The molecule has 2 N–H and O–H groups in total. The van der Waals surface area contributed by atoms with Crippen molar-refractivity contribution in [3.05, 3.63) is 75.7 Å². The summed E-state index contributed by atoms with van der Waals surface area (Å²) in [7, 11) is 4.26. The molecule has 1 aromatic heterocycles. The van der Waals surface area contributed by atoms with Gasteiger partial charge in [0, 0.05) is 41.8 Å². The molecule has 2 radical (unpaired) electrons. The van der Waals surface area contributed by atoms with Crippen LogP contribution < -0.4 is 0 Å². The van der Waals surface area contributed by atoms with Crippen LogP contribution in [0.5, 0.6) is 0 Å². The molecule has 2 heterocycles. The summed E-state index contributed by atoms with van der Waals surface area (Å²) >= 11 is 0. The van der Waals surface area contributed by atoms with Crippen molar-refractivity contribution in [2.75, 3.05) is 119 Å². The van der Waals surface area contributed by atoms with Gasteiger partial charge in [0.15, 0.2) is 0 Å². The van der Waals surface area contributed by atoms with Crippen molar-refractivity contribution in [2.24, 2.45) is 0 Å². The van der Waals surface area contributed by atoms with Gasteiger partial charge in [-0.15, -0.1) is 39.3 Å². The molecule has 2 rings (SSSR count). The van der Waals surface area contributed by atoms with E-state index in [4.69, 9.17) is 16.9 Å². The molecule has 1 aliphatic rings. The first kappa shape index (κ1) is 59.6. The minimum atomic E-state index is 0. The molecule has 0 amide bonds. The number of nitrogens with zero attached hydrogens (tertiary/aromatic N) is 9. The normalized spacial score (nSPS) is 13.7. The molecular formula is C35H73CoFeN11-3. The van der Waals surface area contributed by atoms with E-state index in [1.165, 1.54) is 12.8 Å². The minimum absolute atomic E-state index is 0. The zero-order valence-corrected chi connectivity index (χ0v) is 34.1. The van der Waals surface area contributed by atoms with E-state index in [-0.39, 0.29) is 41.3 Å². The van der Waals surface area contributed by atoms with Crippen LogP contribution in [-0.2, 0) is 40.4 Å². The Morgan fingerprint density at radius 3 is 1.85 bits per heavy atom. The summed E-state index contributed by atoms with van der Waals surface area (Å²) in [6.45, 7) is 24.7. The standard InChI is InChI=1S/C14H30N5.C12H20N5.2C3H8.C2H4N.CH3.Co.Fe/c1-18(2)13-14-19-11-4-7-16-9-8-15-5-3-6-17-10-12-19;13-4-8-17(9-5-14)10-7-15-11-12-3-1-2-6-16-12;2*1-3-2;1-2-3;;;/h3-14H2,1-2H3;1-3,6,13-14H,4-5,7-11H2;2*3H2,1-2H3;2H,1H3;1H3;;/q2*-3;;;2*-1;;+5. The fourth-order valence-corrected chi connectivity index (χ4v) is 3.62. The van der Waals surface area contributed by atoms with Crippen LogP contribution in [0.1, 0.15) is 66.0 Å². The van der Waals surface area contributed by atoms with Crippen molar-refractivity contribution in [2.45, 2.75) is 66.8 Å². The van der Waals surface area contributed by atoms with Gasteiger partial charge in [0.1, 0.15) is 0 Å². The smallest absolute Gasteiger partial charge is 0.814 e. The van der Waals surface area contributed by atoms with Crippen LogP contribution in [0.15, 0.2) is 24.4 Å². The van der Waals surface area contributed by atoms with Crippen LogP contribution >= 0.6 is 0 Å². The molecule has 0 unspecified atom stereocenters. The molecule has 0 spiro atoms. The van der Waals surface area contributed by atoms with Crippen LogP contribution in [0.2, 0.25) is 0 Å². The third kappa shape index (κ3) is 52.3. The predicted molar refractivity (Wildman–Crippen MR) is 208 cm³/mol. The van der Waals surface area contributed by atoms with Crippen LogP contribution in [0.25, 0.3) is 38.1 Å². The van der Waals surface area contributed by atoms with E-state index >= 15 is 0 Å². The van der Waals surface area contributed by atoms with Crippen molar-refractivity contribution >= 4 is 6.21 Å². The Morgan fingerprint density at radius 2 is 1.38 bits per heavy atom. The number of rotatable bonds is 12. The Balaban J connectivity index is -0.000000140. The average Bonchev–Trinajstić information content (AvgIpc) is 3.02. The summed E-state index contributed by atoms with van der Waals surface area (Å²) in [5.41, 5.74) is 15.4. The molecule has 0 atom stereocenters. The SMILES string of the molecule is CC=[N-].CCC.CCC.CN(C)CCN1CCC[N-]CC[N-]CCC[N-]CC1.[CH3-].[Co].[Fe+5].[NH-]CCN(CC[NH-])CC[N-]Cc1ccccn1. The second kappa shape index (κ2) is 53.3. The molecule has 1 saturated heterocycles. The van der Waals surface area contributed by atoms with E-state index in [0.717, 1.165) is 116 Å². The maximum atomic E-state index is 7.44. The third-order valence-corrected chi connectivity index (χ3v) is 5.71. The van der Waals surface area contributed by atoms with E-state index in [0.29, 0.717) is 19.6 Å². The van der Waals surface area contributed by atoms with Gasteiger partial charge in [-0.05, 0) is 59.0 Å². The summed E-state index contributed by atoms with van der Waals surface area (Å²) in [5.74, 6) is 0. The zero-order valence-electron chi connectivity index (χ0n) is 31.9. The Bertz CT molecular complexity index is 643. The summed E-state index contributed by atoms with van der Waals surface area (Å²) in [6.07, 6.45) is 7.53. The molecule has 48 heavy (non-hydrogen) atoms. The second-order valence-corrected chi connectivity index (χ2v) is 10.8. The molecule has 0 aromatic carbocycles. The molecule has 0 saturated carbocycles. The summed E-state index contributed by atoms with van der Waals surface area (Å²) in [5, 5.41) is 25.4. The fourth-order valence-electron chi connectivity index (χ4n) is 3.62. The van der Waals surface area contributed by atoms with Crippen molar-refractivity contribution in [3.63, 3.8) is 0 Å². The Kier molecular flexibility index (Phi) is 66.2. The number of pyridine rings is 1. The Hall–Kier alpha value is -0.514. The summed E-state index contributed by atoms with van der Waals surface area (Å²) in [6, 6.07) is 5.83. The van der Waals surface area contributed by atoms with Crippen LogP contribution in [0, 0.1) is 7.43 Å². The first-order chi connectivity index (χ1) is 21.9. The largest absolute Gasteiger partial charge is 5.00 e. The minimum Gasteiger partial charge on any atom is -0.814 e. The van der Waals surface area contributed by atoms with E-state index in [9.17, 15) is 0 Å². The van der Waals surface area contributed by atoms with E-state index in [2.05, 4.69) is 82.7 Å². The van der Waals surface area contributed by atoms with E-state index in [1.54, 1.807) is 13.1 Å². The van der Waals surface area contributed by atoms with Gasteiger partial charge in [-0.2, -0.15) is 26.2 Å². The molecule has 1 aliphatic heterocycles. The van der Waals surface area contributed by atoms with Gasteiger partial charge in [0.05, 0.1) is 0 Å². The molecule has 1 aromatic rings. The fraction of sp³-hybridized carbons (Fsp3) is 0.800. The molecule has 11 nitrogen and oxygen atoms in total. The number of nitrogens with one attached hydrogen (secondary N) is 2. The van der Waals surface area contributed by atoms with Crippen molar-refractivity contribution in [3.8, 4) is 0 Å². The monoisotopic (exact) mass is 762 g/mol. The van der Waals surface area contributed by atoms with E-state index < -0.39 is 0 Å². The molecular weight excluding hydrogens is 689 g/mol. The van der Waals surface area contributed by atoms with Crippen LogP contribution in [0.4, 0.5) is 0 Å². The van der Waals surface area contributed by atoms with Gasteiger partial charge in [0.25, 0.3) is 0 Å². The molecule has 13 heteroatoms. The van der Waals surface area contributed by atoms with Crippen molar-refractivity contribution in [1.82, 2.24) is 19.7 Å². The van der Waals surface area contributed by atoms with Gasteiger partial charge >= 0.3 is 17.1 Å². The molecule has 1 fully saturated rings. The topological polar surface area (TPSA) is 149 Å². The molecule has 288 valence electrons. The zero-order chi connectivity index (χ0) is 34.2. The maximum absolute atomic E-state index is 7.44. The maximum Gasteiger partial charge on any atom is 5.00 e. The van der Waals surface area contributed by atoms with Crippen molar-refractivity contribution in [1.29, 1.82) is 0 Å². The Morgan fingerprint density at radius 1 is 0.854 bits per heavy atom. The number of hydrogen-bond acceptors (Lipinski definition) is 4. The third-order valence-electron chi connectivity index (χ3n) is 5.71. The molecule has 0 aliphatic carbocycles. The van der Waals surface area contributed by atoms with Gasteiger partial charge < -0.3 is 60.3 Å². The van der Waals surface area contributed by atoms with Gasteiger partial charge in [-0.25, -0.2) is 6.21 Å². The van der Waals surface area contributed by atoms with Gasteiger partial charge in [0.2, 0.25) is 0 Å². The number of likely N-dealkylation sites (N-methyl/N-ethyl adjacent to an activating group) is 1. The first-order valence-corrected chi connectivity index (χ1v) is 17.1. The number of aromatic nitrogens is 1. The Labute approximate surface area is 319 Å². The summed E-state index contributed by atoms with van der Waals surface area (Å²) in [4.78, 5) is 11.1. The van der Waals surface area contributed by atoms with Crippen molar-refractivity contribution < 1.29 is 33.8 Å². The van der Waals surface area contributed by atoms with Gasteiger partial charge in [-0.1, -0.05) is 66.4 Å². The first-order valence-electron chi connectivity index (χ1n) is 17.1. The predicted octanol–water partition coefficient (Wildman–Crippen LogP) is 8.05. The number of hydrogen-bond donors (Lipinski definition) is 0. The average molecular weight is 763 g/mol. The van der Waals surface area contributed by atoms with Crippen LogP contribution in [-0.4, -0.2) is 145 Å². The quantitative estimate of drug-likeness (QED) is 0.0917.